The van der Waals surface area contributed by atoms with E-state index in [1.165, 1.54) is 12.8 Å². The first-order valence-electron chi connectivity index (χ1n) is 10.6. The highest BCUT2D eigenvalue weighted by atomic mass is 35.5. The van der Waals surface area contributed by atoms with E-state index in [1.54, 1.807) is 13.1 Å². The minimum Gasteiger partial charge on any atom is -0.474 e. The average Bonchev–Trinajstić information content (AvgIpc) is 3.08. The molecule has 1 aliphatic rings. The van der Waals surface area contributed by atoms with Crippen LogP contribution in [0.5, 0.6) is 5.88 Å². The lowest BCUT2D eigenvalue weighted by Crippen LogP contribution is -2.23. The van der Waals surface area contributed by atoms with E-state index in [2.05, 4.69) is 21.9 Å². The highest BCUT2D eigenvalue weighted by Gasteiger charge is 2.21. The zero-order valence-electron chi connectivity index (χ0n) is 17.7. The summed E-state index contributed by atoms with van der Waals surface area (Å²) < 4.78 is 8.27. The largest absolute Gasteiger partial charge is 0.474 e. The molecule has 4 rings (SSSR count). The number of nitrogens with zero attached hydrogens (tertiary/aromatic N) is 4. The second-order valence-corrected chi connectivity index (χ2v) is 8.68. The Morgan fingerprint density at radius 3 is 2.71 bits per heavy atom. The van der Waals surface area contributed by atoms with E-state index in [0.717, 1.165) is 40.9 Å². The zero-order valence-corrected chi connectivity index (χ0v) is 18.4. The molecule has 0 saturated heterocycles. The predicted octanol–water partition coefficient (Wildman–Crippen LogP) is 6.03. The Hall–Kier alpha value is -2.47. The van der Waals surface area contributed by atoms with Gasteiger partial charge in [0.05, 0.1) is 11.2 Å². The maximum absolute atomic E-state index is 11.5. The fourth-order valence-corrected chi connectivity index (χ4v) is 4.37. The number of carbonyl (C=O) groups excluding carboxylic acids is 1. The summed E-state index contributed by atoms with van der Waals surface area (Å²) in [6.07, 6.45) is 8.82. The van der Waals surface area contributed by atoms with Gasteiger partial charge in [-0.1, -0.05) is 26.0 Å². The maximum Gasteiger partial charge on any atom is 0.217 e. The highest BCUT2D eigenvalue weighted by Crippen LogP contribution is 2.35. The van der Waals surface area contributed by atoms with Crippen molar-refractivity contribution < 1.29 is 9.53 Å². The van der Waals surface area contributed by atoms with Crippen LogP contribution in [-0.4, -0.2) is 31.4 Å². The Bertz CT molecular complexity index is 1070. The van der Waals surface area contributed by atoms with E-state index in [-0.39, 0.29) is 19.3 Å². The monoisotopic (exact) mass is 442 g/mol. The highest BCUT2D eigenvalue weighted by molar-refractivity contribution is 6.35. The van der Waals surface area contributed by atoms with Crippen LogP contribution >= 0.6 is 11.6 Å². The summed E-state index contributed by atoms with van der Waals surface area (Å²) in [4.78, 5) is 24.9. The molecule has 0 atom stereocenters. The van der Waals surface area contributed by atoms with Gasteiger partial charge in [-0.2, -0.15) is 4.98 Å². The predicted molar refractivity (Wildman–Crippen MR) is 125 cm³/mol. The van der Waals surface area contributed by atoms with Crippen LogP contribution in [0.3, 0.4) is 0 Å². The molecule has 0 aliphatic heterocycles. The number of aromatic nitrogens is 4. The molecule has 0 amide bonds. The molecule has 0 radical (unpaired) electrons. The van der Waals surface area contributed by atoms with Crippen LogP contribution in [0.25, 0.3) is 22.2 Å². The van der Waals surface area contributed by atoms with Gasteiger partial charge >= 0.3 is 0 Å². The molecular formula is C24H31ClN4O2. The van der Waals surface area contributed by atoms with Crippen molar-refractivity contribution in [2.75, 3.05) is 0 Å². The molecular weight excluding hydrogens is 412 g/mol. The number of halogens is 1. The maximum atomic E-state index is 11.5. The Balaban J connectivity index is 0.00000272. The number of ketones is 1. The minimum absolute atomic E-state index is 0. The summed E-state index contributed by atoms with van der Waals surface area (Å²) >= 11 is 6.47. The molecule has 3 aromatic heterocycles. The molecule has 6 nitrogen and oxygen atoms in total. The third kappa shape index (κ3) is 5.24. The van der Waals surface area contributed by atoms with Gasteiger partial charge in [-0.05, 0) is 51.5 Å². The van der Waals surface area contributed by atoms with Crippen molar-refractivity contribution in [3.8, 4) is 17.1 Å². The first-order valence-corrected chi connectivity index (χ1v) is 10.9. The summed E-state index contributed by atoms with van der Waals surface area (Å²) in [5.74, 6) is 2.16. The van der Waals surface area contributed by atoms with Crippen LogP contribution in [0.1, 0.15) is 59.2 Å². The summed E-state index contributed by atoms with van der Waals surface area (Å²) in [5.41, 5.74) is 2.56. The van der Waals surface area contributed by atoms with E-state index in [4.69, 9.17) is 16.3 Å². The fourth-order valence-electron chi connectivity index (χ4n) is 4.12. The van der Waals surface area contributed by atoms with Gasteiger partial charge in [0.25, 0.3) is 0 Å². The molecule has 7 heteroatoms. The second kappa shape index (κ2) is 9.77. The number of Topliss-reactive ketones (excluding diaryl/α,β-unsaturated/α-hetero) is 1. The SMILES string of the molecule is C.CC(=O)CCn1cc(-c2cc(OC3CCC(C)CC3)nc(C)n2)c2c(Cl)nccc21. The van der Waals surface area contributed by atoms with Crippen molar-refractivity contribution in [3.05, 3.63) is 35.5 Å². The number of pyridine rings is 1. The van der Waals surface area contributed by atoms with Crippen LogP contribution in [0.4, 0.5) is 0 Å². The molecule has 3 aromatic rings. The van der Waals surface area contributed by atoms with E-state index in [0.29, 0.717) is 29.8 Å². The zero-order chi connectivity index (χ0) is 21.3. The fraction of sp³-hybridized carbons (Fsp3) is 0.500. The number of ether oxygens (including phenoxy) is 1. The van der Waals surface area contributed by atoms with Crippen molar-refractivity contribution >= 4 is 28.3 Å². The van der Waals surface area contributed by atoms with Crippen molar-refractivity contribution in [3.63, 3.8) is 0 Å². The molecule has 0 unspecified atom stereocenters. The van der Waals surface area contributed by atoms with E-state index < -0.39 is 0 Å². The van der Waals surface area contributed by atoms with Crippen molar-refractivity contribution in [1.82, 2.24) is 19.5 Å². The van der Waals surface area contributed by atoms with Crippen LogP contribution < -0.4 is 4.74 Å². The second-order valence-electron chi connectivity index (χ2n) is 8.32. The van der Waals surface area contributed by atoms with Gasteiger partial charge < -0.3 is 9.30 Å². The van der Waals surface area contributed by atoms with Crippen LogP contribution in [-0.2, 0) is 11.3 Å². The Morgan fingerprint density at radius 1 is 1.26 bits per heavy atom. The standard InChI is InChI=1S/C23H27ClN4O2.CH4/c1-14-4-6-17(7-5-14)30-21-12-19(26-16(3)27-21)18-13-28(11-9-15(2)29)20-8-10-25-23(24)22(18)20;/h8,10,12-14,17H,4-7,9,11H2,1-3H3;1H4. The number of rotatable bonds is 6. The van der Waals surface area contributed by atoms with Gasteiger partial charge in [0.15, 0.2) is 0 Å². The number of hydrogen-bond donors (Lipinski definition) is 0. The molecule has 166 valence electrons. The van der Waals surface area contributed by atoms with Crippen molar-refractivity contribution in [1.29, 1.82) is 0 Å². The average molecular weight is 443 g/mol. The summed E-state index contributed by atoms with van der Waals surface area (Å²) in [6, 6.07) is 3.80. The molecule has 0 bridgehead atoms. The number of aryl methyl sites for hydroxylation is 2. The lowest BCUT2D eigenvalue weighted by molar-refractivity contribution is -0.117. The molecule has 1 fully saturated rings. The van der Waals surface area contributed by atoms with Gasteiger partial charge in [-0.15, -0.1) is 0 Å². The Kier molecular flexibility index (Phi) is 7.31. The Labute approximate surface area is 189 Å². The summed E-state index contributed by atoms with van der Waals surface area (Å²) in [6.45, 7) is 6.35. The third-order valence-corrected chi connectivity index (χ3v) is 6.08. The van der Waals surface area contributed by atoms with Gasteiger partial charge in [0.1, 0.15) is 22.9 Å². The number of fused-ring (bicyclic) bond motifs is 1. The summed E-state index contributed by atoms with van der Waals surface area (Å²) in [5, 5.41) is 1.25. The number of carbonyl (C=O) groups is 1. The molecule has 31 heavy (non-hydrogen) atoms. The molecule has 1 saturated carbocycles. The quantitative estimate of drug-likeness (QED) is 0.436. The molecule has 0 aromatic carbocycles. The minimum atomic E-state index is 0. The lowest BCUT2D eigenvalue weighted by Gasteiger charge is -2.26. The van der Waals surface area contributed by atoms with Crippen molar-refractivity contribution in [2.45, 2.75) is 73.0 Å². The summed E-state index contributed by atoms with van der Waals surface area (Å²) in [7, 11) is 0. The van der Waals surface area contributed by atoms with E-state index >= 15 is 0 Å². The van der Waals surface area contributed by atoms with Gasteiger partial charge in [-0.3, -0.25) is 4.79 Å². The molecule has 0 spiro atoms. The van der Waals surface area contributed by atoms with E-state index in [1.807, 2.05) is 29.8 Å². The topological polar surface area (TPSA) is 69.9 Å². The first-order chi connectivity index (χ1) is 14.4. The Morgan fingerprint density at radius 2 is 2.00 bits per heavy atom. The third-order valence-electron chi connectivity index (χ3n) is 5.79. The van der Waals surface area contributed by atoms with Crippen LogP contribution in [0.15, 0.2) is 24.5 Å². The molecule has 0 N–H and O–H groups in total. The normalized spacial score (nSPS) is 18.6. The smallest absolute Gasteiger partial charge is 0.217 e. The van der Waals surface area contributed by atoms with Gasteiger partial charge in [0.2, 0.25) is 5.88 Å². The van der Waals surface area contributed by atoms with Crippen molar-refractivity contribution in [2.24, 2.45) is 5.92 Å². The molecule has 1 aliphatic carbocycles. The van der Waals surface area contributed by atoms with Gasteiger partial charge in [-0.25, -0.2) is 9.97 Å². The van der Waals surface area contributed by atoms with Gasteiger partial charge in [0, 0.05) is 42.4 Å². The molecule has 3 heterocycles. The van der Waals surface area contributed by atoms with E-state index in [9.17, 15) is 4.79 Å². The van der Waals surface area contributed by atoms with Crippen LogP contribution in [0.2, 0.25) is 5.15 Å². The van der Waals surface area contributed by atoms with Crippen LogP contribution in [0, 0.1) is 12.8 Å². The number of hydrogen-bond acceptors (Lipinski definition) is 5. The lowest BCUT2D eigenvalue weighted by atomic mass is 9.89. The first kappa shape index (κ1) is 23.2.